The van der Waals surface area contributed by atoms with Crippen molar-refractivity contribution in [3.8, 4) is 0 Å². The van der Waals surface area contributed by atoms with Crippen LogP contribution in [0.1, 0.15) is 200 Å². The van der Waals surface area contributed by atoms with Crippen LogP contribution in [0.3, 0.4) is 0 Å². The number of nitrogens with one attached hydrogen (secondary N) is 1. The van der Waals surface area contributed by atoms with Gasteiger partial charge in [-0.25, -0.2) is 4.57 Å². The molecule has 0 aromatic carbocycles. The molecule has 1 amide bonds. The van der Waals surface area contributed by atoms with Crippen molar-refractivity contribution in [1.29, 1.82) is 0 Å². The van der Waals surface area contributed by atoms with Gasteiger partial charge in [-0.3, -0.25) is 13.8 Å². The molecule has 0 radical (unpaired) electrons. The quantitative estimate of drug-likeness (QED) is 0.0233. The van der Waals surface area contributed by atoms with Crippen molar-refractivity contribution in [3.63, 3.8) is 0 Å². The van der Waals surface area contributed by atoms with Gasteiger partial charge < -0.3 is 26.2 Å². The minimum Gasteiger partial charge on any atom is -0.393 e. The molecule has 0 aliphatic carbocycles. The first-order chi connectivity index (χ1) is 26.3. The third-order valence-electron chi connectivity index (χ3n) is 9.75. The largest absolute Gasteiger partial charge is 0.472 e. The number of nitrogens with two attached hydrogens (primary N) is 1. The smallest absolute Gasteiger partial charge is 0.393 e. The molecular weight excluding hydrogens is 699 g/mol. The number of aliphatic hydroxyl groups excluding tert-OH is 2. The van der Waals surface area contributed by atoms with E-state index in [2.05, 4.69) is 43.5 Å². The van der Waals surface area contributed by atoms with Gasteiger partial charge in [-0.15, -0.1) is 0 Å². The average molecular weight is 785 g/mol. The first-order valence-electron chi connectivity index (χ1n) is 22.2. The van der Waals surface area contributed by atoms with Crippen LogP contribution in [0.25, 0.3) is 0 Å². The molecule has 0 heterocycles. The standard InChI is InChI=1S/C44H85N2O7P/c1-3-5-7-9-11-13-15-17-18-19-20-21-22-23-24-25-27-29-31-33-35-41(47)39-44(49)46-42(40-53-54(50,51)52-38-37-45)43(48)36-34-32-30-28-26-16-14-12-10-8-6-4-2/h10,12,26,28,34,36,41-43,47-48H,3-9,11,13-25,27,29-33,35,37-40,45H2,1-2H3,(H,46,49)(H,50,51)/b12-10+,28-26+,36-34+. The Labute approximate surface area is 332 Å². The van der Waals surface area contributed by atoms with E-state index in [1.807, 2.05) is 6.08 Å². The second-order valence-corrected chi connectivity index (χ2v) is 16.5. The number of carbonyl (C=O) groups excluding carboxylic acids is 1. The third-order valence-corrected chi connectivity index (χ3v) is 10.7. The van der Waals surface area contributed by atoms with Crippen molar-refractivity contribution in [3.05, 3.63) is 36.5 Å². The number of hydrogen-bond acceptors (Lipinski definition) is 7. The number of amides is 1. The lowest BCUT2D eigenvalue weighted by atomic mass is 10.0. The van der Waals surface area contributed by atoms with Gasteiger partial charge in [-0.05, 0) is 38.5 Å². The van der Waals surface area contributed by atoms with Crippen molar-refractivity contribution in [1.82, 2.24) is 5.32 Å². The summed E-state index contributed by atoms with van der Waals surface area (Å²) < 4.78 is 22.0. The summed E-state index contributed by atoms with van der Waals surface area (Å²) in [7, 11) is -4.41. The van der Waals surface area contributed by atoms with E-state index in [1.54, 1.807) is 6.08 Å². The van der Waals surface area contributed by atoms with Gasteiger partial charge >= 0.3 is 7.82 Å². The second kappa shape index (κ2) is 39.9. The molecule has 0 aromatic heterocycles. The Morgan fingerprint density at radius 3 is 1.52 bits per heavy atom. The number of aliphatic hydroxyl groups is 2. The number of rotatable bonds is 41. The van der Waals surface area contributed by atoms with Crippen LogP contribution in [-0.2, 0) is 18.4 Å². The Balaban J connectivity index is 4.24. The van der Waals surface area contributed by atoms with Gasteiger partial charge in [-0.1, -0.05) is 192 Å². The highest BCUT2D eigenvalue weighted by molar-refractivity contribution is 7.47. The van der Waals surface area contributed by atoms with E-state index in [9.17, 15) is 24.5 Å². The van der Waals surface area contributed by atoms with Crippen LogP contribution in [0.4, 0.5) is 0 Å². The van der Waals surface area contributed by atoms with Crippen LogP contribution >= 0.6 is 7.82 Å². The Bertz CT molecular complexity index is 961. The molecule has 0 saturated carbocycles. The Hall–Kier alpha value is -1.32. The SMILES string of the molecule is CCCC/C=C/CC/C=C/CC/C=C/C(O)C(COP(=O)(O)OCCN)NC(=O)CC(O)CCCCCCCCCCCCCCCCCCCCCC. The Morgan fingerprint density at radius 1 is 0.630 bits per heavy atom. The molecule has 318 valence electrons. The maximum atomic E-state index is 12.8. The van der Waals surface area contributed by atoms with E-state index in [1.165, 1.54) is 122 Å². The zero-order valence-corrected chi connectivity index (χ0v) is 35.7. The lowest BCUT2D eigenvalue weighted by Crippen LogP contribution is -2.46. The van der Waals surface area contributed by atoms with Gasteiger partial charge in [0.1, 0.15) is 0 Å². The summed E-state index contributed by atoms with van der Waals surface area (Å²) in [5, 5.41) is 24.0. The number of allylic oxidation sites excluding steroid dienone is 5. The van der Waals surface area contributed by atoms with Gasteiger partial charge in [0.05, 0.1) is 37.9 Å². The molecular formula is C44H85N2O7P. The molecule has 0 aliphatic rings. The van der Waals surface area contributed by atoms with Gasteiger partial charge in [0.25, 0.3) is 0 Å². The Kier molecular flexibility index (Phi) is 38.9. The lowest BCUT2D eigenvalue weighted by Gasteiger charge is -2.24. The van der Waals surface area contributed by atoms with Gasteiger partial charge in [-0.2, -0.15) is 0 Å². The highest BCUT2D eigenvalue weighted by Crippen LogP contribution is 2.43. The van der Waals surface area contributed by atoms with Crippen LogP contribution in [0.2, 0.25) is 0 Å². The topological polar surface area (TPSA) is 151 Å². The molecule has 4 unspecified atom stereocenters. The van der Waals surface area contributed by atoms with Crippen molar-refractivity contribution >= 4 is 13.7 Å². The molecule has 54 heavy (non-hydrogen) atoms. The molecule has 0 aromatic rings. The summed E-state index contributed by atoms with van der Waals surface area (Å²) in [4.78, 5) is 22.7. The van der Waals surface area contributed by atoms with E-state index in [4.69, 9.17) is 14.8 Å². The molecule has 0 aliphatic heterocycles. The molecule has 6 N–H and O–H groups in total. The first kappa shape index (κ1) is 52.7. The number of carbonyl (C=O) groups is 1. The zero-order valence-electron chi connectivity index (χ0n) is 34.8. The summed E-state index contributed by atoms with van der Waals surface area (Å²) >= 11 is 0. The van der Waals surface area contributed by atoms with Crippen molar-refractivity contribution in [2.75, 3.05) is 19.8 Å². The van der Waals surface area contributed by atoms with Crippen LogP contribution in [-0.4, -0.2) is 59.0 Å². The average Bonchev–Trinajstić information content (AvgIpc) is 3.15. The highest BCUT2D eigenvalue weighted by atomic mass is 31.2. The van der Waals surface area contributed by atoms with Gasteiger partial charge in [0.15, 0.2) is 0 Å². The maximum absolute atomic E-state index is 12.8. The van der Waals surface area contributed by atoms with E-state index in [0.717, 1.165) is 44.9 Å². The summed E-state index contributed by atoms with van der Waals surface area (Å²) in [5.41, 5.74) is 5.35. The molecule has 9 nitrogen and oxygen atoms in total. The van der Waals surface area contributed by atoms with Crippen molar-refractivity contribution < 1.29 is 33.5 Å². The van der Waals surface area contributed by atoms with E-state index in [0.29, 0.717) is 12.8 Å². The molecule has 0 saturated heterocycles. The van der Waals surface area contributed by atoms with E-state index >= 15 is 0 Å². The lowest BCUT2D eigenvalue weighted by molar-refractivity contribution is -0.124. The molecule has 0 fully saturated rings. The summed E-state index contributed by atoms with van der Waals surface area (Å²) in [6.45, 7) is 3.90. The number of phosphoric ester groups is 1. The monoisotopic (exact) mass is 785 g/mol. The van der Waals surface area contributed by atoms with Crippen molar-refractivity contribution in [2.45, 2.75) is 218 Å². The normalized spacial score (nSPS) is 15.0. The van der Waals surface area contributed by atoms with Crippen LogP contribution < -0.4 is 11.1 Å². The van der Waals surface area contributed by atoms with Gasteiger partial charge in [0.2, 0.25) is 5.91 Å². The van der Waals surface area contributed by atoms with E-state index in [-0.39, 0.29) is 19.6 Å². The molecule has 0 spiro atoms. The maximum Gasteiger partial charge on any atom is 0.472 e. The fourth-order valence-corrected chi connectivity index (χ4v) is 7.13. The minimum absolute atomic E-state index is 0.0426. The molecule has 10 heteroatoms. The predicted molar refractivity (Wildman–Crippen MR) is 227 cm³/mol. The van der Waals surface area contributed by atoms with Crippen LogP contribution in [0.5, 0.6) is 0 Å². The van der Waals surface area contributed by atoms with Crippen LogP contribution in [0, 0.1) is 0 Å². The second-order valence-electron chi connectivity index (χ2n) is 15.1. The predicted octanol–water partition coefficient (Wildman–Crippen LogP) is 11.3. The van der Waals surface area contributed by atoms with E-state index < -0.39 is 38.6 Å². The van der Waals surface area contributed by atoms with Gasteiger partial charge in [0, 0.05) is 6.54 Å². The minimum atomic E-state index is -4.41. The molecule has 0 bridgehead atoms. The summed E-state index contributed by atoms with van der Waals surface area (Å²) in [5.74, 6) is -0.459. The number of hydrogen-bond donors (Lipinski definition) is 5. The Morgan fingerprint density at radius 2 is 1.06 bits per heavy atom. The summed E-state index contributed by atoms with van der Waals surface area (Å²) in [6, 6.07) is -1.00. The first-order valence-corrected chi connectivity index (χ1v) is 23.7. The molecule has 0 rings (SSSR count). The van der Waals surface area contributed by atoms with Crippen molar-refractivity contribution in [2.24, 2.45) is 5.73 Å². The highest BCUT2D eigenvalue weighted by Gasteiger charge is 2.27. The fourth-order valence-electron chi connectivity index (χ4n) is 6.37. The molecule has 4 atom stereocenters. The number of phosphoric acid groups is 1. The number of unbranched alkanes of at least 4 members (excludes halogenated alkanes) is 23. The fraction of sp³-hybridized carbons (Fsp3) is 0.841. The van der Waals surface area contributed by atoms with Crippen LogP contribution in [0.15, 0.2) is 36.5 Å². The third kappa shape index (κ3) is 37.6. The zero-order chi connectivity index (χ0) is 39.8. The summed E-state index contributed by atoms with van der Waals surface area (Å²) in [6.07, 6.45) is 43.9.